The third-order valence-corrected chi connectivity index (χ3v) is 2.76. The molecule has 18 heavy (non-hydrogen) atoms. The van der Waals surface area contributed by atoms with E-state index in [0.717, 1.165) is 5.56 Å². The number of aromatic hydroxyl groups is 1. The van der Waals surface area contributed by atoms with Crippen molar-refractivity contribution < 1.29 is 14.6 Å². The molecule has 0 unspecified atom stereocenters. The summed E-state index contributed by atoms with van der Waals surface area (Å²) < 4.78 is 5.24. The van der Waals surface area contributed by atoms with E-state index in [-0.39, 0.29) is 11.7 Å². The van der Waals surface area contributed by atoms with Gasteiger partial charge in [-0.3, -0.25) is 4.79 Å². The Bertz CT molecular complexity index is 404. The average Bonchev–Trinajstić information content (AvgIpc) is 2.34. The zero-order chi connectivity index (χ0) is 13.5. The van der Waals surface area contributed by atoms with E-state index in [1.54, 1.807) is 17.0 Å². The molecule has 0 spiro atoms. The second-order valence-corrected chi connectivity index (χ2v) is 4.10. The molecule has 4 nitrogen and oxygen atoms in total. The Kier molecular flexibility index (Phi) is 5.65. The minimum absolute atomic E-state index is 0.0369. The number of ether oxygens (including phenoxy) is 1. The third kappa shape index (κ3) is 3.74. The number of carbonyl (C=O) groups is 1. The fraction of sp³-hybridized carbons (Fsp3) is 0.500. The minimum Gasteiger partial charge on any atom is -0.507 e. The maximum atomic E-state index is 12.2. The van der Waals surface area contributed by atoms with E-state index in [2.05, 4.69) is 0 Å². The maximum absolute atomic E-state index is 12.2. The second-order valence-electron chi connectivity index (χ2n) is 4.10. The Balaban J connectivity index is 2.76. The summed E-state index contributed by atoms with van der Waals surface area (Å²) in [6, 6.07) is 5.09. The highest BCUT2D eigenvalue weighted by Crippen LogP contribution is 2.20. The number of benzene rings is 1. The lowest BCUT2D eigenvalue weighted by atomic mass is 10.1. The van der Waals surface area contributed by atoms with Gasteiger partial charge in [-0.05, 0) is 38.5 Å². The summed E-state index contributed by atoms with van der Waals surface area (Å²) in [4.78, 5) is 13.9. The van der Waals surface area contributed by atoms with Gasteiger partial charge in [-0.2, -0.15) is 0 Å². The molecule has 100 valence electrons. The molecule has 0 aliphatic heterocycles. The number of nitrogens with zero attached hydrogens (tertiary/aromatic N) is 1. The molecule has 0 aliphatic rings. The summed E-state index contributed by atoms with van der Waals surface area (Å²) in [6.07, 6.45) is 0. The molecule has 1 amide bonds. The Morgan fingerprint density at radius 2 is 2.11 bits per heavy atom. The number of likely N-dealkylation sites (N-methyl/N-ethyl adjacent to an activating group) is 1. The van der Waals surface area contributed by atoms with Crippen LogP contribution in [0.5, 0.6) is 5.75 Å². The van der Waals surface area contributed by atoms with E-state index in [9.17, 15) is 9.90 Å². The molecule has 1 aromatic rings. The van der Waals surface area contributed by atoms with Crippen LogP contribution in [0, 0.1) is 6.92 Å². The number of hydrogen-bond acceptors (Lipinski definition) is 3. The van der Waals surface area contributed by atoms with E-state index in [4.69, 9.17) is 4.74 Å². The van der Waals surface area contributed by atoms with Crippen molar-refractivity contribution >= 4 is 5.91 Å². The molecule has 0 saturated heterocycles. The van der Waals surface area contributed by atoms with Gasteiger partial charge < -0.3 is 14.7 Å². The Morgan fingerprint density at radius 3 is 2.67 bits per heavy atom. The van der Waals surface area contributed by atoms with Gasteiger partial charge in [0.05, 0.1) is 12.2 Å². The van der Waals surface area contributed by atoms with Crippen molar-refractivity contribution in [2.75, 3.05) is 26.3 Å². The normalized spacial score (nSPS) is 10.4. The summed E-state index contributed by atoms with van der Waals surface area (Å²) in [5.74, 6) is -0.121. The molecular weight excluding hydrogens is 230 g/mol. The zero-order valence-electron chi connectivity index (χ0n) is 11.3. The SMILES string of the molecule is CCOCCN(CC)C(=O)c1ccc(C)cc1O. The molecule has 0 saturated carbocycles. The molecule has 0 aromatic heterocycles. The van der Waals surface area contributed by atoms with Crippen LogP contribution in [0.1, 0.15) is 29.8 Å². The lowest BCUT2D eigenvalue weighted by Gasteiger charge is -2.21. The smallest absolute Gasteiger partial charge is 0.257 e. The Labute approximate surface area is 108 Å². The van der Waals surface area contributed by atoms with Crippen LogP contribution in [-0.4, -0.2) is 42.2 Å². The van der Waals surface area contributed by atoms with Gasteiger partial charge in [0.15, 0.2) is 0 Å². The van der Waals surface area contributed by atoms with Gasteiger partial charge in [0.1, 0.15) is 5.75 Å². The number of carbonyl (C=O) groups excluding carboxylic acids is 1. The topological polar surface area (TPSA) is 49.8 Å². The van der Waals surface area contributed by atoms with Crippen LogP contribution in [0.25, 0.3) is 0 Å². The molecule has 0 bridgehead atoms. The predicted molar refractivity (Wildman–Crippen MR) is 70.9 cm³/mol. The van der Waals surface area contributed by atoms with Gasteiger partial charge in [0.2, 0.25) is 0 Å². The lowest BCUT2D eigenvalue weighted by molar-refractivity contribution is 0.0666. The van der Waals surface area contributed by atoms with Crippen LogP contribution in [0.3, 0.4) is 0 Å². The van der Waals surface area contributed by atoms with Crippen molar-refractivity contribution in [1.29, 1.82) is 0 Å². The first-order valence-electron chi connectivity index (χ1n) is 6.26. The maximum Gasteiger partial charge on any atom is 0.257 e. The van der Waals surface area contributed by atoms with Gasteiger partial charge in [0, 0.05) is 19.7 Å². The van der Waals surface area contributed by atoms with Gasteiger partial charge in [-0.1, -0.05) is 6.07 Å². The fourth-order valence-electron chi connectivity index (χ4n) is 1.72. The molecule has 0 heterocycles. The van der Waals surface area contributed by atoms with Crippen molar-refractivity contribution in [1.82, 2.24) is 4.90 Å². The number of hydrogen-bond donors (Lipinski definition) is 1. The molecule has 0 aliphatic carbocycles. The largest absolute Gasteiger partial charge is 0.507 e. The highest BCUT2D eigenvalue weighted by atomic mass is 16.5. The molecule has 1 rings (SSSR count). The van der Waals surface area contributed by atoms with Crippen molar-refractivity contribution in [3.8, 4) is 5.75 Å². The molecule has 0 fully saturated rings. The highest BCUT2D eigenvalue weighted by molar-refractivity contribution is 5.96. The van der Waals surface area contributed by atoms with Crippen LogP contribution >= 0.6 is 0 Å². The van der Waals surface area contributed by atoms with Crippen LogP contribution in [0.4, 0.5) is 0 Å². The second kappa shape index (κ2) is 7.01. The average molecular weight is 251 g/mol. The van der Waals surface area contributed by atoms with Crippen LogP contribution in [0.2, 0.25) is 0 Å². The number of phenolic OH excluding ortho intramolecular Hbond substituents is 1. The van der Waals surface area contributed by atoms with E-state index in [0.29, 0.717) is 31.9 Å². The summed E-state index contributed by atoms with van der Waals surface area (Å²) in [5, 5.41) is 9.80. The Hall–Kier alpha value is -1.55. The summed E-state index contributed by atoms with van der Waals surface area (Å²) in [7, 11) is 0. The standard InChI is InChI=1S/C14H21NO3/c1-4-15(8-9-18-5-2)14(17)12-7-6-11(3)10-13(12)16/h6-7,10,16H,4-5,8-9H2,1-3H3. The molecule has 1 aromatic carbocycles. The molecule has 0 radical (unpaired) electrons. The summed E-state index contributed by atoms with van der Waals surface area (Å²) in [5.41, 5.74) is 1.28. The van der Waals surface area contributed by atoms with E-state index < -0.39 is 0 Å². The van der Waals surface area contributed by atoms with E-state index >= 15 is 0 Å². The van der Waals surface area contributed by atoms with Crippen molar-refractivity contribution in [2.45, 2.75) is 20.8 Å². The number of rotatable bonds is 6. The van der Waals surface area contributed by atoms with Gasteiger partial charge >= 0.3 is 0 Å². The molecule has 1 N–H and O–H groups in total. The van der Waals surface area contributed by atoms with E-state index in [1.807, 2.05) is 26.8 Å². The van der Waals surface area contributed by atoms with Crippen LogP contribution < -0.4 is 0 Å². The molecule has 0 atom stereocenters. The fourth-order valence-corrected chi connectivity index (χ4v) is 1.72. The quantitative estimate of drug-likeness (QED) is 0.788. The van der Waals surface area contributed by atoms with Gasteiger partial charge in [0.25, 0.3) is 5.91 Å². The lowest BCUT2D eigenvalue weighted by Crippen LogP contribution is -2.33. The van der Waals surface area contributed by atoms with Crippen LogP contribution in [-0.2, 0) is 4.74 Å². The summed E-state index contributed by atoms with van der Waals surface area (Å²) >= 11 is 0. The highest BCUT2D eigenvalue weighted by Gasteiger charge is 2.17. The molecular formula is C14H21NO3. The third-order valence-electron chi connectivity index (χ3n) is 2.76. The molecule has 4 heteroatoms. The first-order chi connectivity index (χ1) is 8.60. The van der Waals surface area contributed by atoms with Crippen molar-refractivity contribution in [3.05, 3.63) is 29.3 Å². The van der Waals surface area contributed by atoms with E-state index in [1.165, 1.54) is 0 Å². The van der Waals surface area contributed by atoms with Crippen LogP contribution in [0.15, 0.2) is 18.2 Å². The zero-order valence-corrected chi connectivity index (χ0v) is 11.3. The van der Waals surface area contributed by atoms with Gasteiger partial charge in [-0.15, -0.1) is 0 Å². The number of aryl methyl sites for hydroxylation is 1. The predicted octanol–water partition coefficient (Wildman–Crippen LogP) is 2.20. The monoisotopic (exact) mass is 251 g/mol. The first kappa shape index (κ1) is 14.5. The number of amides is 1. The van der Waals surface area contributed by atoms with Crippen molar-refractivity contribution in [3.63, 3.8) is 0 Å². The Morgan fingerprint density at radius 1 is 1.39 bits per heavy atom. The first-order valence-corrected chi connectivity index (χ1v) is 6.26. The summed E-state index contributed by atoms with van der Waals surface area (Å²) in [6.45, 7) is 8.00. The van der Waals surface area contributed by atoms with Crippen molar-refractivity contribution in [2.24, 2.45) is 0 Å². The van der Waals surface area contributed by atoms with Gasteiger partial charge in [-0.25, -0.2) is 0 Å². The minimum atomic E-state index is -0.158. The number of phenols is 1.